The summed E-state index contributed by atoms with van der Waals surface area (Å²) in [6.45, 7) is 8.58. The average molecular weight is 487 g/mol. The van der Waals surface area contributed by atoms with Gasteiger partial charge in [0.05, 0.1) is 6.04 Å². The lowest BCUT2D eigenvalue weighted by Crippen LogP contribution is -2.37. The molecule has 0 aliphatic carbocycles. The number of nitrogens with one attached hydrogen (secondary N) is 3. The van der Waals surface area contributed by atoms with Crippen LogP contribution < -0.4 is 20.9 Å². The van der Waals surface area contributed by atoms with E-state index in [1.54, 1.807) is 17.2 Å². The normalized spacial score (nSPS) is 14.9. The topological polar surface area (TPSA) is 108 Å². The predicted molar refractivity (Wildman–Crippen MR) is 142 cm³/mol. The van der Waals surface area contributed by atoms with Crippen LogP contribution in [0.1, 0.15) is 19.4 Å². The van der Waals surface area contributed by atoms with Gasteiger partial charge in [-0.15, -0.1) is 0 Å². The number of hydrogen-bond acceptors (Lipinski definition) is 7. The highest BCUT2D eigenvalue weighted by molar-refractivity contribution is 5.99. The maximum Gasteiger partial charge on any atom is 0.415 e. The lowest BCUT2D eigenvalue weighted by atomic mass is 10.0. The number of aromatic nitrogens is 2. The van der Waals surface area contributed by atoms with Gasteiger partial charge in [-0.3, -0.25) is 9.69 Å². The lowest BCUT2D eigenvalue weighted by Gasteiger charge is -2.23. The molecule has 0 saturated carbocycles. The highest BCUT2D eigenvalue weighted by Gasteiger charge is 2.37. The Morgan fingerprint density at radius 2 is 1.78 bits per heavy atom. The largest absolute Gasteiger partial charge is 0.447 e. The van der Waals surface area contributed by atoms with Crippen LogP contribution in [0.3, 0.4) is 0 Å². The second kappa shape index (κ2) is 11.4. The molecule has 1 aromatic heterocycles. The van der Waals surface area contributed by atoms with Gasteiger partial charge in [0.2, 0.25) is 11.9 Å². The highest BCUT2D eigenvalue weighted by atomic mass is 16.6. The zero-order valence-electron chi connectivity index (χ0n) is 20.4. The molecule has 4 rings (SSSR count). The number of carbonyl (C=O) groups is 2. The fourth-order valence-corrected chi connectivity index (χ4v) is 3.83. The van der Waals surface area contributed by atoms with Crippen LogP contribution in [0, 0.1) is 5.92 Å². The van der Waals surface area contributed by atoms with Gasteiger partial charge in [-0.25, -0.2) is 9.78 Å². The average Bonchev–Trinajstić information content (AvgIpc) is 3.28. The zero-order chi connectivity index (χ0) is 25.5. The smallest absolute Gasteiger partial charge is 0.415 e. The minimum atomic E-state index is -0.373. The number of ether oxygens (including phenoxy) is 1. The van der Waals surface area contributed by atoms with Gasteiger partial charge in [-0.05, 0) is 66.4 Å². The molecule has 3 N–H and O–H groups in total. The molecule has 1 aliphatic heterocycles. The van der Waals surface area contributed by atoms with Crippen LogP contribution in [-0.4, -0.2) is 41.2 Å². The summed E-state index contributed by atoms with van der Waals surface area (Å²) in [7, 11) is 0. The molecule has 3 aromatic rings. The molecule has 2 heterocycles. The van der Waals surface area contributed by atoms with Crippen molar-refractivity contribution in [2.75, 3.05) is 34.0 Å². The van der Waals surface area contributed by atoms with Gasteiger partial charge in [-0.2, -0.15) is 4.98 Å². The van der Waals surface area contributed by atoms with Crippen LogP contribution in [0.4, 0.5) is 33.6 Å². The molecule has 1 atom stereocenters. The highest BCUT2D eigenvalue weighted by Crippen LogP contribution is 2.26. The van der Waals surface area contributed by atoms with Crippen LogP contribution in [-0.2, 0) is 16.0 Å². The summed E-state index contributed by atoms with van der Waals surface area (Å²) in [5.74, 6) is 1.03. The summed E-state index contributed by atoms with van der Waals surface area (Å²) < 4.78 is 5.23. The van der Waals surface area contributed by atoms with Crippen molar-refractivity contribution >= 4 is 40.8 Å². The van der Waals surface area contributed by atoms with E-state index < -0.39 is 0 Å². The van der Waals surface area contributed by atoms with E-state index in [1.165, 1.54) is 6.08 Å². The molecule has 0 bridgehead atoms. The molecule has 1 fully saturated rings. The Labute approximate surface area is 210 Å². The molecule has 2 amide bonds. The summed E-state index contributed by atoms with van der Waals surface area (Å²) >= 11 is 0. The fraction of sp³-hybridized carbons (Fsp3) is 0.259. The molecule has 186 valence electrons. The summed E-state index contributed by atoms with van der Waals surface area (Å²) in [5.41, 5.74) is 3.75. The third-order valence-electron chi connectivity index (χ3n) is 5.84. The van der Waals surface area contributed by atoms with E-state index in [2.05, 4.69) is 58.5 Å². The van der Waals surface area contributed by atoms with Gasteiger partial charge in [0, 0.05) is 29.8 Å². The maximum absolute atomic E-state index is 12.2. The first-order valence-electron chi connectivity index (χ1n) is 11.9. The Kier molecular flexibility index (Phi) is 7.79. The number of amides is 2. The molecular weight excluding hydrogens is 456 g/mol. The van der Waals surface area contributed by atoms with Gasteiger partial charge < -0.3 is 20.7 Å². The Bertz CT molecular complexity index is 1210. The Balaban J connectivity index is 1.29. The van der Waals surface area contributed by atoms with E-state index >= 15 is 0 Å². The number of anilines is 5. The first-order valence-corrected chi connectivity index (χ1v) is 11.9. The number of nitrogens with zero attached hydrogens (tertiary/aromatic N) is 3. The van der Waals surface area contributed by atoms with E-state index in [1.807, 2.05) is 36.4 Å². The molecule has 1 aliphatic rings. The fourth-order valence-electron chi connectivity index (χ4n) is 3.83. The van der Waals surface area contributed by atoms with Crippen molar-refractivity contribution in [2.45, 2.75) is 26.3 Å². The van der Waals surface area contributed by atoms with Crippen molar-refractivity contribution in [3.05, 3.63) is 79.0 Å². The lowest BCUT2D eigenvalue weighted by molar-refractivity contribution is -0.111. The number of benzene rings is 2. The van der Waals surface area contributed by atoms with Gasteiger partial charge in [0.25, 0.3) is 0 Å². The van der Waals surface area contributed by atoms with Crippen LogP contribution in [0.5, 0.6) is 0 Å². The molecule has 2 aromatic carbocycles. The summed E-state index contributed by atoms with van der Waals surface area (Å²) in [4.78, 5) is 34.0. The first-order chi connectivity index (χ1) is 17.4. The quantitative estimate of drug-likeness (QED) is 0.347. The number of hydrogen-bond donors (Lipinski definition) is 3. The summed E-state index contributed by atoms with van der Waals surface area (Å²) in [6.07, 6.45) is 3.30. The van der Waals surface area contributed by atoms with E-state index in [9.17, 15) is 9.59 Å². The van der Waals surface area contributed by atoms with E-state index in [0.717, 1.165) is 23.4 Å². The van der Waals surface area contributed by atoms with Gasteiger partial charge >= 0.3 is 6.09 Å². The Morgan fingerprint density at radius 1 is 1.11 bits per heavy atom. The van der Waals surface area contributed by atoms with E-state index in [0.29, 0.717) is 30.6 Å². The van der Waals surface area contributed by atoms with E-state index in [-0.39, 0.29) is 24.0 Å². The molecule has 36 heavy (non-hydrogen) atoms. The van der Waals surface area contributed by atoms with Gasteiger partial charge in [0.1, 0.15) is 12.4 Å². The molecular formula is C27H30N6O3. The molecule has 1 saturated heterocycles. The second-order valence-corrected chi connectivity index (χ2v) is 8.77. The van der Waals surface area contributed by atoms with E-state index in [4.69, 9.17) is 4.74 Å². The molecule has 0 spiro atoms. The van der Waals surface area contributed by atoms with Crippen molar-refractivity contribution in [2.24, 2.45) is 5.92 Å². The van der Waals surface area contributed by atoms with Crippen molar-refractivity contribution < 1.29 is 14.3 Å². The number of carbonyl (C=O) groups excluding carboxylic acids is 2. The van der Waals surface area contributed by atoms with Crippen molar-refractivity contribution in [1.82, 2.24) is 9.97 Å². The number of cyclic esters (lactones) is 1. The van der Waals surface area contributed by atoms with Crippen LogP contribution in [0.15, 0.2) is 73.4 Å². The third kappa shape index (κ3) is 6.18. The minimum Gasteiger partial charge on any atom is -0.447 e. The summed E-state index contributed by atoms with van der Waals surface area (Å²) in [5, 5.41) is 9.31. The monoisotopic (exact) mass is 486 g/mol. The predicted octanol–water partition coefficient (Wildman–Crippen LogP) is 4.98. The minimum absolute atomic E-state index is 0.0385. The Morgan fingerprint density at radius 3 is 2.44 bits per heavy atom. The maximum atomic E-state index is 12.2. The van der Waals surface area contributed by atoms with Crippen molar-refractivity contribution in [3.63, 3.8) is 0 Å². The van der Waals surface area contributed by atoms with Gasteiger partial charge in [-0.1, -0.05) is 32.6 Å². The van der Waals surface area contributed by atoms with Crippen LogP contribution >= 0.6 is 0 Å². The second-order valence-electron chi connectivity index (χ2n) is 8.77. The molecule has 0 radical (unpaired) electrons. The zero-order valence-corrected chi connectivity index (χ0v) is 20.4. The Hall–Kier alpha value is -4.40. The van der Waals surface area contributed by atoms with Gasteiger partial charge in [0.15, 0.2) is 0 Å². The van der Waals surface area contributed by atoms with Crippen LogP contribution in [0.25, 0.3) is 0 Å². The summed E-state index contributed by atoms with van der Waals surface area (Å²) in [6, 6.07) is 17.3. The molecule has 0 unspecified atom stereocenters. The molecule has 9 heteroatoms. The number of rotatable bonds is 10. The third-order valence-corrected chi connectivity index (χ3v) is 5.84. The van der Waals surface area contributed by atoms with Crippen molar-refractivity contribution in [3.8, 4) is 0 Å². The first kappa shape index (κ1) is 24.7. The molecule has 9 nitrogen and oxygen atoms in total. The van der Waals surface area contributed by atoms with Crippen LogP contribution in [0.2, 0.25) is 0 Å². The standard InChI is InChI=1S/C27H30N6O3/c1-4-25(34)31-22-11-9-21(10-12-22)30-20-7-5-19(6-8-20)13-15-28-26-29-16-14-24(32-26)33-23(18(2)3)17-36-27(33)35/h4-12,14,16,18,23,30H,1,13,15,17H2,2-3H3,(H,31,34)(H,28,29,32)/t23-/m1/s1. The van der Waals surface area contributed by atoms with Crippen molar-refractivity contribution in [1.29, 1.82) is 0 Å². The SMILES string of the molecule is C=CC(=O)Nc1ccc(Nc2ccc(CCNc3nccc(N4C(=O)OC[C@@H]4C(C)C)n3)cc2)cc1.